The third-order valence-electron chi connectivity index (χ3n) is 3.94. The Labute approximate surface area is 163 Å². The fourth-order valence-electron chi connectivity index (χ4n) is 2.72. The van der Waals surface area contributed by atoms with Crippen molar-refractivity contribution in [2.24, 2.45) is 0 Å². The van der Waals surface area contributed by atoms with Crippen LogP contribution in [0.4, 0.5) is 17.3 Å². The van der Waals surface area contributed by atoms with Crippen LogP contribution in [0, 0.1) is 13.8 Å². The van der Waals surface area contributed by atoms with E-state index in [2.05, 4.69) is 20.6 Å². The van der Waals surface area contributed by atoms with Gasteiger partial charge in [-0.3, -0.25) is 4.79 Å². The molecule has 27 heavy (non-hydrogen) atoms. The number of anilines is 3. The summed E-state index contributed by atoms with van der Waals surface area (Å²) in [5, 5.41) is 6.80. The molecule has 138 valence electrons. The van der Waals surface area contributed by atoms with Gasteiger partial charge in [-0.15, -0.1) is 0 Å². The Bertz CT molecular complexity index is 921. The minimum atomic E-state index is -0.0373. The molecule has 0 atom stereocenters. The number of rotatable bonds is 6. The molecule has 0 aliphatic rings. The lowest BCUT2D eigenvalue weighted by Gasteiger charge is -2.10. The van der Waals surface area contributed by atoms with Gasteiger partial charge in [0.2, 0.25) is 11.9 Å². The second kappa shape index (κ2) is 8.64. The van der Waals surface area contributed by atoms with Crippen LogP contribution in [0.1, 0.15) is 23.4 Å². The molecular weight excluding hydrogens is 360 g/mol. The first-order valence-corrected chi connectivity index (χ1v) is 9.09. The van der Waals surface area contributed by atoms with E-state index in [0.29, 0.717) is 23.8 Å². The van der Waals surface area contributed by atoms with Gasteiger partial charge in [0, 0.05) is 34.2 Å². The third kappa shape index (κ3) is 5.79. The van der Waals surface area contributed by atoms with Crippen LogP contribution in [0.15, 0.2) is 54.6 Å². The molecule has 0 saturated heterocycles. The summed E-state index contributed by atoms with van der Waals surface area (Å²) in [6, 6.07) is 17.0. The topological polar surface area (TPSA) is 66.9 Å². The fourth-order valence-corrected chi connectivity index (χ4v) is 2.84. The molecule has 0 spiro atoms. The lowest BCUT2D eigenvalue weighted by Crippen LogP contribution is -2.12. The predicted molar refractivity (Wildman–Crippen MR) is 110 cm³/mol. The standard InChI is InChI=1S/C21H21ClN4O/c1-14-12-15(2)24-21(23-14)26-19-5-3-4-18(13-19)25-20(27)11-8-16-6-9-17(22)10-7-16/h3-7,9-10,12-13H,8,11H2,1-2H3,(H,25,27)(H,23,24,26). The number of nitrogens with zero attached hydrogens (tertiary/aromatic N) is 2. The van der Waals surface area contributed by atoms with Crippen molar-refractivity contribution in [3.05, 3.63) is 76.6 Å². The van der Waals surface area contributed by atoms with Crippen molar-refractivity contribution in [2.75, 3.05) is 10.6 Å². The SMILES string of the molecule is Cc1cc(C)nc(Nc2cccc(NC(=O)CCc3ccc(Cl)cc3)c2)n1. The molecule has 1 aromatic heterocycles. The smallest absolute Gasteiger partial charge is 0.227 e. The maximum absolute atomic E-state index is 12.2. The number of benzene rings is 2. The van der Waals surface area contributed by atoms with Crippen molar-refractivity contribution in [1.82, 2.24) is 9.97 Å². The molecule has 3 aromatic rings. The number of amides is 1. The highest BCUT2D eigenvalue weighted by molar-refractivity contribution is 6.30. The molecule has 0 bridgehead atoms. The van der Waals surface area contributed by atoms with Crippen molar-refractivity contribution >= 4 is 34.8 Å². The molecule has 1 amide bonds. The Balaban J connectivity index is 1.59. The van der Waals surface area contributed by atoms with E-state index in [1.165, 1.54) is 0 Å². The van der Waals surface area contributed by atoms with Gasteiger partial charge in [-0.25, -0.2) is 9.97 Å². The van der Waals surface area contributed by atoms with Crippen molar-refractivity contribution in [3.63, 3.8) is 0 Å². The van der Waals surface area contributed by atoms with E-state index in [9.17, 15) is 4.79 Å². The molecular formula is C21H21ClN4O. The molecule has 0 saturated carbocycles. The Morgan fingerprint density at radius 1 is 0.963 bits per heavy atom. The van der Waals surface area contributed by atoms with Gasteiger partial charge < -0.3 is 10.6 Å². The lowest BCUT2D eigenvalue weighted by atomic mass is 10.1. The average molecular weight is 381 g/mol. The summed E-state index contributed by atoms with van der Waals surface area (Å²) in [5.74, 6) is 0.503. The zero-order valence-corrected chi connectivity index (χ0v) is 16.0. The molecule has 2 N–H and O–H groups in total. The van der Waals surface area contributed by atoms with Crippen molar-refractivity contribution in [2.45, 2.75) is 26.7 Å². The van der Waals surface area contributed by atoms with Gasteiger partial charge in [0.25, 0.3) is 0 Å². The van der Waals surface area contributed by atoms with Crippen LogP contribution in [0.25, 0.3) is 0 Å². The molecule has 2 aromatic carbocycles. The van der Waals surface area contributed by atoms with Crippen LogP contribution in [-0.2, 0) is 11.2 Å². The van der Waals surface area contributed by atoms with E-state index in [-0.39, 0.29) is 5.91 Å². The number of aryl methyl sites for hydroxylation is 3. The normalized spacial score (nSPS) is 10.5. The van der Waals surface area contributed by atoms with Crippen LogP contribution in [0.5, 0.6) is 0 Å². The Kier molecular flexibility index (Phi) is 6.04. The van der Waals surface area contributed by atoms with Crippen molar-refractivity contribution < 1.29 is 4.79 Å². The first-order chi connectivity index (χ1) is 13.0. The van der Waals surface area contributed by atoms with E-state index >= 15 is 0 Å². The quantitative estimate of drug-likeness (QED) is 0.627. The number of aromatic nitrogens is 2. The third-order valence-corrected chi connectivity index (χ3v) is 4.19. The fraction of sp³-hybridized carbons (Fsp3) is 0.190. The summed E-state index contributed by atoms with van der Waals surface area (Å²) in [7, 11) is 0. The van der Waals surface area contributed by atoms with E-state index in [1.807, 2.05) is 68.4 Å². The first-order valence-electron chi connectivity index (χ1n) is 8.71. The summed E-state index contributed by atoms with van der Waals surface area (Å²) in [6.07, 6.45) is 1.07. The number of hydrogen-bond donors (Lipinski definition) is 2. The molecule has 5 nitrogen and oxygen atoms in total. The van der Waals surface area contributed by atoms with Gasteiger partial charge >= 0.3 is 0 Å². The van der Waals surface area contributed by atoms with Crippen LogP contribution >= 0.6 is 11.6 Å². The average Bonchev–Trinajstić information content (AvgIpc) is 2.61. The van der Waals surface area contributed by atoms with Crippen LogP contribution in [-0.4, -0.2) is 15.9 Å². The number of hydrogen-bond acceptors (Lipinski definition) is 4. The molecule has 0 radical (unpaired) electrons. The number of nitrogens with one attached hydrogen (secondary N) is 2. The summed E-state index contributed by atoms with van der Waals surface area (Å²) in [4.78, 5) is 21.0. The van der Waals surface area contributed by atoms with E-state index in [4.69, 9.17) is 11.6 Å². The van der Waals surface area contributed by atoms with Gasteiger partial charge in [-0.05, 0) is 62.2 Å². The minimum Gasteiger partial charge on any atom is -0.326 e. The Hall–Kier alpha value is -2.92. The molecule has 0 aliphatic heterocycles. The number of halogens is 1. The van der Waals surface area contributed by atoms with Gasteiger partial charge in [0.15, 0.2) is 0 Å². The maximum atomic E-state index is 12.2. The van der Waals surface area contributed by atoms with Gasteiger partial charge in [0.05, 0.1) is 0 Å². The van der Waals surface area contributed by atoms with Crippen LogP contribution in [0.3, 0.4) is 0 Å². The van der Waals surface area contributed by atoms with E-state index in [1.54, 1.807) is 0 Å². The first kappa shape index (κ1) is 18.9. The monoisotopic (exact) mass is 380 g/mol. The molecule has 6 heteroatoms. The Morgan fingerprint density at radius 3 is 2.33 bits per heavy atom. The predicted octanol–water partition coefficient (Wildman–Crippen LogP) is 5.06. The van der Waals surface area contributed by atoms with Crippen LogP contribution in [0.2, 0.25) is 5.02 Å². The number of carbonyl (C=O) groups is 1. The van der Waals surface area contributed by atoms with Crippen molar-refractivity contribution in [3.8, 4) is 0 Å². The van der Waals surface area contributed by atoms with Crippen molar-refractivity contribution in [1.29, 1.82) is 0 Å². The molecule has 0 fully saturated rings. The highest BCUT2D eigenvalue weighted by Crippen LogP contribution is 2.19. The van der Waals surface area contributed by atoms with E-state index in [0.717, 1.165) is 28.3 Å². The van der Waals surface area contributed by atoms with Gasteiger partial charge in [0.1, 0.15) is 0 Å². The summed E-state index contributed by atoms with van der Waals surface area (Å²) < 4.78 is 0. The largest absolute Gasteiger partial charge is 0.326 e. The second-order valence-electron chi connectivity index (χ2n) is 6.35. The van der Waals surface area contributed by atoms with E-state index < -0.39 is 0 Å². The zero-order valence-electron chi connectivity index (χ0n) is 15.3. The minimum absolute atomic E-state index is 0.0373. The zero-order chi connectivity index (χ0) is 19.2. The summed E-state index contributed by atoms with van der Waals surface area (Å²) >= 11 is 5.88. The van der Waals surface area contributed by atoms with Crippen LogP contribution < -0.4 is 10.6 Å². The molecule has 1 heterocycles. The highest BCUT2D eigenvalue weighted by atomic mass is 35.5. The number of carbonyl (C=O) groups excluding carboxylic acids is 1. The molecule has 0 unspecified atom stereocenters. The summed E-state index contributed by atoms with van der Waals surface area (Å²) in [6.45, 7) is 3.86. The lowest BCUT2D eigenvalue weighted by molar-refractivity contribution is -0.116. The second-order valence-corrected chi connectivity index (χ2v) is 6.79. The maximum Gasteiger partial charge on any atom is 0.227 e. The van der Waals surface area contributed by atoms with Gasteiger partial charge in [-0.1, -0.05) is 29.8 Å². The summed E-state index contributed by atoms with van der Waals surface area (Å²) in [5.41, 5.74) is 4.42. The Morgan fingerprint density at radius 2 is 1.63 bits per heavy atom. The molecule has 0 aliphatic carbocycles. The van der Waals surface area contributed by atoms with Gasteiger partial charge in [-0.2, -0.15) is 0 Å². The molecule has 3 rings (SSSR count). The highest BCUT2D eigenvalue weighted by Gasteiger charge is 2.05.